The lowest BCUT2D eigenvalue weighted by molar-refractivity contribution is -0.00369. The Hall–Kier alpha value is -0.910. The summed E-state index contributed by atoms with van der Waals surface area (Å²) in [5.74, 6) is 0. The Bertz CT molecular complexity index is 380. The van der Waals surface area contributed by atoms with Gasteiger partial charge in [-0.3, -0.25) is 14.5 Å². The maximum Gasteiger partial charge on any atom is 0.0659 e. The third-order valence-electron chi connectivity index (χ3n) is 4.19. The highest BCUT2D eigenvalue weighted by molar-refractivity contribution is 5.12. The van der Waals surface area contributed by atoms with E-state index in [1.165, 1.54) is 38.4 Å². The van der Waals surface area contributed by atoms with Gasteiger partial charge in [-0.2, -0.15) is 5.10 Å². The molecule has 0 saturated carbocycles. The van der Waals surface area contributed by atoms with Crippen LogP contribution >= 0.6 is 0 Å². The van der Waals surface area contributed by atoms with Crippen LogP contribution in [0.2, 0.25) is 0 Å². The van der Waals surface area contributed by atoms with Crippen molar-refractivity contribution in [2.75, 3.05) is 39.8 Å². The lowest BCUT2D eigenvalue weighted by Crippen LogP contribution is -2.63. The number of aromatic nitrogens is 2. The Kier molecular flexibility index (Phi) is 2.90. The SMILES string of the molecule is CNC(c1ccnn1C)C1CN2CCN1CC2. The maximum atomic E-state index is 4.29. The second-order valence-electron chi connectivity index (χ2n) is 5.05. The summed E-state index contributed by atoms with van der Waals surface area (Å²) in [6, 6.07) is 3.09. The molecule has 0 aliphatic carbocycles. The van der Waals surface area contributed by atoms with Crippen LogP contribution in [0.5, 0.6) is 0 Å². The minimum atomic E-state index is 0.380. The molecule has 1 aromatic rings. The summed E-state index contributed by atoms with van der Waals surface area (Å²) in [6.45, 7) is 6.06. The third kappa shape index (κ3) is 1.88. The van der Waals surface area contributed by atoms with Gasteiger partial charge in [-0.25, -0.2) is 0 Å². The molecule has 1 N–H and O–H groups in total. The summed E-state index contributed by atoms with van der Waals surface area (Å²) in [5.41, 5.74) is 1.28. The predicted molar refractivity (Wildman–Crippen MR) is 66.8 cm³/mol. The van der Waals surface area contributed by atoms with E-state index < -0.39 is 0 Å². The van der Waals surface area contributed by atoms with Crippen LogP contribution in [0.1, 0.15) is 11.7 Å². The largest absolute Gasteiger partial charge is 0.310 e. The average Bonchev–Trinajstić information content (AvgIpc) is 2.79. The molecule has 2 unspecified atom stereocenters. The Labute approximate surface area is 102 Å². The van der Waals surface area contributed by atoms with Gasteiger partial charge in [0.1, 0.15) is 0 Å². The second kappa shape index (κ2) is 4.40. The molecule has 4 heterocycles. The molecule has 0 radical (unpaired) electrons. The van der Waals surface area contributed by atoms with Crippen molar-refractivity contribution in [2.45, 2.75) is 12.1 Å². The molecule has 3 saturated heterocycles. The number of likely N-dealkylation sites (N-methyl/N-ethyl adjacent to an activating group) is 1. The van der Waals surface area contributed by atoms with Crippen molar-refractivity contribution in [3.8, 4) is 0 Å². The Morgan fingerprint density at radius 3 is 2.59 bits per heavy atom. The summed E-state index contributed by atoms with van der Waals surface area (Å²) in [6.07, 6.45) is 1.89. The fourth-order valence-corrected chi connectivity index (χ4v) is 3.20. The van der Waals surface area contributed by atoms with Crippen molar-refractivity contribution in [1.29, 1.82) is 0 Å². The van der Waals surface area contributed by atoms with Gasteiger partial charge < -0.3 is 5.32 Å². The zero-order valence-corrected chi connectivity index (χ0v) is 10.6. The van der Waals surface area contributed by atoms with Gasteiger partial charge in [0, 0.05) is 52.0 Å². The Morgan fingerprint density at radius 1 is 1.35 bits per heavy atom. The van der Waals surface area contributed by atoms with Crippen LogP contribution in [-0.4, -0.2) is 65.4 Å². The minimum Gasteiger partial charge on any atom is -0.310 e. The van der Waals surface area contributed by atoms with Crippen LogP contribution in [0, 0.1) is 0 Å². The minimum absolute atomic E-state index is 0.380. The maximum absolute atomic E-state index is 4.29. The first-order chi connectivity index (χ1) is 8.29. The smallest absolute Gasteiger partial charge is 0.0659 e. The number of hydrogen-bond donors (Lipinski definition) is 1. The van der Waals surface area contributed by atoms with Crippen molar-refractivity contribution in [2.24, 2.45) is 7.05 Å². The molecular formula is C12H21N5. The highest BCUT2D eigenvalue weighted by Crippen LogP contribution is 2.26. The van der Waals surface area contributed by atoms with Crippen LogP contribution < -0.4 is 5.32 Å². The quantitative estimate of drug-likeness (QED) is 0.779. The van der Waals surface area contributed by atoms with E-state index in [0.717, 1.165) is 0 Å². The van der Waals surface area contributed by atoms with Crippen LogP contribution in [0.25, 0.3) is 0 Å². The van der Waals surface area contributed by atoms with Crippen molar-refractivity contribution in [3.05, 3.63) is 18.0 Å². The van der Waals surface area contributed by atoms with Crippen LogP contribution in [-0.2, 0) is 7.05 Å². The topological polar surface area (TPSA) is 36.3 Å². The average molecular weight is 235 g/mol. The third-order valence-corrected chi connectivity index (χ3v) is 4.19. The molecule has 3 aliphatic heterocycles. The molecule has 1 aromatic heterocycles. The van der Waals surface area contributed by atoms with Gasteiger partial charge in [0.15, 0.2) is 0 Å². The molecule has 5 nitrogen and oxygen atoms in total. The Morgan fingerprint density at radius 2 is 2.12 bits per heavy atom. The zero-order chi connectivity index (χ0) is 11.8. The van der Waals surface area contributed by atoms with E-state index in [-0.39, 0.29) is 0 Å². The van der Waals surface area contributed by atoms with Crippen molar-refractivity contribution in [1.82, 2.24) is 24.9 Å². The molecule has 2 atom stereocenters. The summed E-state index contributed by atoms with van der Waals surface area (Å²) in [4.78, 5) is 5.19. The van der Waals surface area contributed by atoms with E-state index in [1.807, 2.05) is 17.9 Å². The predicted octanol–water partition coefficient (Wildman–Crippen LogP) is -0.320. The fraction of sp³-hybridized carbons (Fsp3) is 0.750. The van der Waals surface area contributed by atoms with E-state index in [9.17, 15) is 0 Å². The monoisotopic (exact) mass is 235 g/mol. The molecule has 2 bridgehead atoms. The van der Waals surface area contributed by atoms with E-state index >= 15 is 0 Å². The highest BCUT2D eigenvalue weighted by Gasteiger charge is 2.37. The van der Waals surface area contributed by atoms with Gasteiger partial charge in [-0.1, -0.05) is 0 Å². The van der Waals surface area contributed by atoms with Gasteiger partial charge in [0.05, 0.1) is 11.7 Å². The molecule has 3 fully saturated rings. The molecule has 5 heteroatoms. The normalized spacial score (nSPS) is 33.9. The summed E-state index contributed by atoms with van der Waals surface area (Å²) in [5, 5.41) is 7.76. The summed E-state index contributed by atoms with van der Waals surface area (Å²) < 4.78 is 1.99. The molecule has 0 aromatic carbocycles. The first-order valence-electron chi connectivity index (χ1n) is 6.41. The first kappa shape index (κ1) is 11.2. The molecule has 0 spiro atoms. The zero-order valence-electron chi connectivity index (χ0n) is 10.6. The van der Waals surface area contributed by atoms with Gasteiger partial charge >= 0.3 is 0 Å². The van der Waals surface area contributed by atoms with Crippen LogP contribution in [0.3, 0.4) is 0 Å². The van der Waals surface area contributed by atoms with Crippen molar-refractivity contribution < 1.29 is 0 Å². The number of rotatable bonds is 3. The molecule has 4 rings (SSSR count). The number of nitrogens with one attached hydrogen (secondary N) is 1. The lowest BCUT2D eigenvalue weighted by Gasteiger charge is -2.50. The van der Waals surface area contributed by atoms with Gasteiger partial charge in [0.25, 0.3) is 0 Å². The van der Waals surface area contributed by atoms with E-state index in [4.69, 9.17) is 0 Å². The fourth-order valence-electron chi connectivity index (χ4n) is 3.20. The van der Waals surface area contributed by atoms with E-state index in [1.54, 1.807) is 0 Å². The number of nitrogens with zero attached hydrogens (tertiary/aromatic N) is 4. The lowest BCUT2D eigenvalue weighted by atomic mass is 9.97. The number of piperazine rings is 3. The molecule has 3 aliphatic rings. The molecule has 17 heavy (non-hydrogen) atoms. The van der Waals surface area contributed by atoms with Gasteiger partial charge in [-0.15, -0.1) is 0 Å². The first-order valence-corrected chi connectivity index (χ1v) is 6.41. The van der Waals surface area contributed by atoms with Crippen molar-refractivity contribution in [3.63, 3.8) is 0 Å². The van der Waals surface area contributed by atoms with Crippen molar-refractivity contribution >= 4 is 0 Å². The highest BCUT2D eigenvalue weighted by atomic mass is 15.4. The molecular weight excluding hydrogens is 214 g/mol. The number of hydrogen-bond acceptors (Lipinski definition) is 4. The van der Waals surface area contributed by atoms with Crippen LogP contribution in [0.4, 0.5) is 0 Å². The standard InChI is InChI=1S/C12H21N5/c1-13-12(10-3-4-14-15(10)2)11-9-16-5-7-17(11)8-6-16/h3-4,11-13H,5-9H2,1-2H3. The van der Waals surface area contributed by atoms with E-state index in [2.05, 4.69) is 33.3 Å². The summed E-state index contributed by atoms with van der Waals surface area (Å²) >= 11 is 0. The van der Waals surface area contributed by atoms with Gasteiger partial charge in [0.2, 0.25) is 0 Å². The number of aryl methyl sites for hydroxylation is 1. The molecule has 94 valence electrons. The Balaban J connectivity index is 1.84. The number of fused-ring (bicyclic) bond motifs is 3. The second-order valence-corrected chi connectivity index (χ2v) is 5.05. The molecule has 0 amide bonds. The van der Waals surface area contributed by atoms with Crippen LogP contribution in [0.15, 0.2) is 12.3 Å². The van der Waals surface area contributed by atoms with E-state index in [0.29, 0.717) is 12.1 Å². The summed E-state index contributed by atoms with van der Waals surface area (Å²) in [7, 11) is 4.08. The van der Waals surface area contributed by atoms with Gasteiger partial charge in [-0.05, 0) is 13.1 Å².